The molecule has 12 nitrogen and oxygen atoms in total. The lowest BCUT2D eigenvalue weighted by molar-refractivity contribution is -0.150. The maximum absolute atomic E-state index is 13.1. The van der Waals surface area contributed by atoms with Crippen LogP contribution >= 0.6 is 0 Å². The van der Waals surface area contributed by atoms with Crippen molar-refractivity contribution in [3.05, 3.63) is 59.7 Å². The van der Waals surface area contributed by atoms with Crippen LogP contribution in [-0.4, -0.2) is 83.6 Å². The smallest absolute Gasteiger partial charge is 0.323 e. The minimum absolute atomic E-state index is 0.0329. The highest BCUT2D eigenvalue weighted by Gasteiger charge is 2.39. The zero-order chi connectivity index (χ0) is 25.7. The molecule has 2 aromatic rings. The van der Waals surface area contributed by atoms with E-state index in [1.165, 1.54) is 48.3 Å². The number of nitrogens with zero attached hydrogens (tertiary/aromatic N) is 2. The molecule has 0 unspecified atom stereocenters. The number of aliphatic hydroxyl groups excluding tert-OH is 1. The van der Waals surface area contributed by atoms with Gasteiger partial charge in [0, 0.05) is 36.1 Å². The topological polar surface area (TPSA) is 186 Å². The lowest BCUT2D eigenvalue weighted by Gasteiger charge is -2.34. The summed E-state index contributed by atoms with van der Waals surface area (Å²) in [6.07, 6.45) is -3.29. The van der Waals surface area contributed by atoms with E-state index in [-0.39, 0.29) is 24.6 Å². The average molecular weight is 483 g/mol. The van der Waals surface area contributed by atoms with Crippen LogP contribution in [0.4, 0.5) is 11.4 Å². The molecule has 1 aliphatic heterocycles. The fourth-order valence-electron chi connectivity index (χ4n) is 3.48. The first-order valence-electron chi connectivity index (χ1n) is 10.5. The van der Waals surface area contributed by atoms with Crippen molar-refractivity contribution in [2.75, 3.05) is 37.0 Å². The molecule has 184 valence electrons. The van der Waals surface area contributed by atoms with Gasteiger partial charge in [0.15, 0.2) is 12.2 Å². The van der Waals surface area contributed by atoms with E-state index in [1.54, 1.807) is 12.1 Å². The van der Waals surface area contributed by atoms with Gasteiger partial charge in [0.05, 0.1) is 6.61 Å². The molecule has 0 radical (unpaired) electrons. The van der Waals surface area contributed by atoms with Crippen LogP contribution in [0.3, 0.4) is 0 Å². The molecule has 2 atom stereocenters. The molecule has 12 heteroatoms. The number of anilines is 2. The number of hydrogen-bond donors (Lipinski definition) is 5. The minimum atomic E-state index is -1.82. The standard InChI is InChI=1S/C23H25N5O7/c1-27(12-17(29)30)22(33)14-3-2-4-16(11-14)28-9-10-35-19(23(28)34)18(31)21(32)26-15-7-5-13(6-8-15)20(24)25/h2-8,11,18-19,31H,9-10,12H2,1H3,(H3,24,25)(H,26,32)(H,29,30)/t18-,19-/m1/s1. The van der Waals surface area contributed by atoms with Crippen molar-refractivity contribution in [1.29, 1.82) is 5.41 Å². The monoisotopic (exact) mass is 483 g/mol. The van der Waals surface area contributed by atoms with Gasteiger partial charge in [-0.05, 0) is 42.5 Å². The molecule has 1 aliphatic rings. The van der Waals surface area contributed by atoms with Crippen LogP contribution in [0.5, 0.6) is 0 Å². The molecule has 1 fully saturated rings. The van der Waals surface area contributed by atoms with E-state index in [2.05, 4.69) is 5.32 Å². The number of aliphatic hydroxyl groups is 1. The number of nitrogen functional groups attached to an aromatic ring is 1. The van der Waals surface area contributed by atoms with Gasteiger partial charge in [0.25, 0.3) is 17.7 Å². The number of ether oxygens (including phenoxy) is 1. The van der Waals surface area contributed by atoms with Crippen molar-refractivity contribution < 1.29 is 34.1 Å². The van der Waals surface area contributed by atoms with E-state index in [0.29, 0.717) is 16.9 Å². The van der Waals surface area contributed by atoms with Crippen LogP contribution in [-0.2, 0) is 19.1 Å². The second-order valence-corrected chi connectivity index (χ2v) is 7.81. The zero-order valence-electron chi connectivity index (χ0n) is 18.8. The third-order valence-electron chi connectivity index (χ3n) is 5.26. The maximum atomic E-state index is 13.1. The molecule has 3 rings (SSSR count). The highest BCUT2D eigenvalue weighted by atomic mass is 16.5. The summed E-state index contributed by atoms with van der Waals surface area (Å²) in [6, 6.07) is 12.1. The van der Waals surface area contributed by atoms with Crippen molar-refractivity contribution in [2.24, 2.45) is 5.73 Å². The van der Waals surface area contributed by atoms with Crippen molar-refractivity contribution in [3.8, 4) is 0 Å². The van der Waals surface area contributed by atoms with Crippen LogP contribution < -0.4 is 16.0 Å². The lowest BCUT2D eigenvalue weighted by Crippen LogP contribution is -2.55. The Morgan fingerprint density at radius 2 is 1.91 bits per heavy atom. The molecule has 0 bridgehead atoms. The minimum Gasteiger partial charge on any atom is -0.480 e. The summed E-state index contributed by atoms with van der Waals surface area (Å²) in [5.74, 6) is -3.37. The van der Waals surface area contributed by atoms with Gasteiger partial charge in [-0.25, -0.2) is 0 Å². The number of nitrogens with one attached hydrogen (secondary N) is 2. The molecule has 6 N–H and O–H groups in total. The Bertz CT molecular complexity index is 1150. The van der Waals surface area contributed by atoms with E-state index < -0.39 is 42.4 Å². The second-order valence-electron chi connectivity index (χ2n) is 7.81. The third-order valence-corrected chi connectivity index (χ3v) is 5.26. The zero-order valence-corrected chi connectivity index (χ0v) is 18.8. The average Bonchev–Trinajstić information content (AvgIpc) is 2.83. The highest BCUT2D eigenvalue weighted by Crippen LogP contribution is 2.23. The van der Waals surface area contributed by atoms with Crippen LogP contribution in [0.15, 0.2) is 48.5 Å². The van der Waals surface area contributed by atoms with Gasteiger partial charge in [-0.1, -0.05) is 6.07 Å². The Morgan fingerprint density at radius 3 is 2.54 bits per heavy atom. The predicted octanol–water partition coefficient (Wildman–Crippen LogP) is -0.141. The Balaban J connectivity index is 1.72. The Labute approximate surface area is 200 Å². The molecule has 1 heterocycles. The van der Waals surface area contributed by atoms with Crippen LogP contribution in [0.1, 0.15) is 15.9 Å². The molecular weight excluding hydrogens is 458 g/mol. The number of morpholine rings is 1. The van der Waals surface area contributed by atoms with Gasteiger partial charge < -0.3 is 35.8 Å². The van der Waals surface area contributed by atoms with Gasteiger partial charge in [-0.2, -0.15) is 0 Å². The fraction of sp³-hybridized carbons (Fsp3) is 0.261. The molecule has 0 spiro atoms. The SMILES string of the molecule is CN(CC(=O)O)C(=O)c1cccc(N2CCO[C@H]([C@@H](O)C(=O)Nc3ccc(C(=N)N)cc3)C2=O)c1. The number of likely N-dealkylation sites (N-methyl/N-ethyl adjacent to an activating group) is 1. The summed E-state index contributed by atoms with van der Waals surface area (Å²) < 4.78 is 5.39. The molecule has 2 aromatic carbocycles. The third kappa shape index (κ3) is 5.99. The fourth-order valence-corrected chi connectivity index (χ4v) is 3.48. The largest absolute Gasteiger partial charge is 0.480 e. The molecule has 1 saturated heterocycles. The van der Waals surface area contributed by atoms with Crippen molar-refractivity contribution in [1.82, 2.24) is 4.90 Å². The number of aliphatic carboxylic acids is 1. The number of carbonyl (C=O) groups is 4. The van der Waals surface area contributed by atoms with Gasteiger partial charge in [0.2, 0.25) is 0 Å². The summed E-state index contributed by atoms with van der Waals surface area (Å²) in [5.41, 5.74) is 6.70. The van der Waals surface area contributed by atoms with Gasteiger partial charge in [0.1, 0.15) is 12.4 Å². The number of carboxylic acid groups (broad SMARTS) is 1. The first-order chi connectivity index (χ1) is 16.6. The van der Waals surface area contributed by atoms with Crippen LogP contribution in [0.2, 0.25) is 0 Å². The number of rotatable bonds is 8. The Hall–Kier alpha value is -4.29. The predicted molar refractivity (Wildman–Crippen MR) is 125 cm³/mol. The number of benzene rings is 2. The van der Waals surface area contributed by atoms with Crippen molar-refractivity contribution >= 4 is 40.9 Å². The number of carboxylic acids is 1. The molecule has 0 saturated carbocycles. The number of hydrogen-bond acceptors (Lipinski definition) is 7. The molecular formula is C23H25N5O7. The summed E-state index contributed by atoms with van der Waals surface area (Å²) in [6.45, 7) is -0.329. The lowest BCUT2D eigenvalue weighted by atomic mass is 10.1. The first kappa shape index (κ1) is 25.3. The quantitative estimate of drug-likeness (QED) is 0.253. The number of carbonyl (C=O) groups excluding carboxylic acids is 3. The number of nitrogens with two attached hydrogens (primary N) is 1. The molecule has 0 aromatic heterocycles. The van der Waals surface area contributed by atoms with Crippen LogP contribution in [0.25, 0.3) is 0 Å². The van der Waals surface area contributed by atoms with Crippen LogP contribution in [0, 0.1) is 5.41 Å². The van der Waals surface area contributed by atoms with Crippen molar-refractivity contribution in [2.45, 2.75) is 12.2 Å². The van der Waals surface area contributed by atoms with Crippen molar-refractivity contribution in [3.63, 3.8) is 0 Å². The van der Waals surface area contributed by atoms with E-state index >= 15 is 0 Å². The maximum Gasteiger partial charge on any atom is 0.323 e. The second kappa shape index (κ2) is 10.8. The summed E-state index contributed by atoms with van der Waals surface area (Å²) >= 11 is 0. The molecule has 35 heavy (non-hydrogen) atoms. The highest BCUT2D eigenvalue weighted by molar-refractivity contribution is 6.05. The molecule has 3 amide bonds. The van der Waals surface area contributed by atoms with Gasteiger partial charge in [-0.15, -0.1) is 0 Å². The summed E-state index contributed by atoms with van der Waals surface area (Å²) in [4.78, 5) is 51.3. The van der Waals surface area contributed by atoms with Gasteiger partial charge >= 0.3 is 5.97 Å². The Kier molecular flexibility index (Phi) is 7.79. The summed E-state index contributed by atoms with van der Waals surface area (Å²) in [5, 5.41) is 29.3. The number of amidine groups is 1. The van der Waals surface area contributed by atoms with E-state index in [0.717, 1.165) is 4.90 Å². The first-order valence-corrected chi connectivity index (χ1v) is 10.5. The summed E-state index contributed by atoms with van der Waals surface area (Å²) in [7, 11) is 1.35. The Morgan fingerprint density at radius 1 is 1.23 bits per heavy atom. The number of amides is 3. The normalized spacial score (nSPS) is 16.3. The molecule has 0 aliphatic carbocycles. The van der Waals surface area contributed by atoms with E-state index in [4.69, 9.17) is 21.0 Å². The van der Waals surface area contributed by atoms with E-state index in [1.807, 2.05) is 0 Å². The van der Waals surface area contributed by atoms with E-state index in [9.17, 15) is 24.3 Å². The van der Waals surface area contributed by atoms with Gasteiger partial charge in [-0.3, -0.25) is 24.6 Å².